The second-order valence-electron chi connectivity index (χ2n) is 4.97. The van der Waals surface area contributed by atoms with Crippen LogP contribution in [0.25, 0.3) is 0 Å². The van der Waals surface area contributed by atoms with Gasteiger partial charge in [-0.05, 0) is 26.0 Å². The van der Waals surface area contributed by atoms with Crippen LogP contribution in [0.3, 0.4) is 0 Å². The minimum absolute atomic E-state index is 0.411. The van der Waals surface area contributed by atoms with Gasteiger partial charge in [-0.25, -0.2) is 9.59 Å². The minimum Gasteiger partial charge on any atom is -0.497 e. The van der Waals surface area contributed by atoms with Crippen LogP contribution < -0.4 is 9.64 Å². The Labute approximate surface area is 118 Å². The molecule has 6 nitrogen and oxygen atoms in total. The molecule has 0 aliphatic rings. The van der Waals surface area contributed by atoms with Gasteiger partial charge in [0, 0.05) is 25.8 Å². The number of carboxylic acid groups (broad SMARTS) is 1. The summed E-state index contributed by atoms with van der Waals surface area (Å²) in [4.78, 5) is 26.1. The summed E-state index contributed by atoms with van der Waals surface area (Å²) >= 11 is 0. The number of likely N-dealkylation sites (N-methyl/N-ethyl adjacent to an activating group) is 1. The number of rotatable bonds is 4. The Kier molecular flexibility index (Phi) is 4.60. The largest absolute Gasteiger partial charge is 0.497 e. The van der Waals surface area contributed by atoms with Gasteiger partial charge in [0.15, 0.2) is 0 Å². The zero-order valence-corrected chi connectivity index (χ0v) is 12.4. The van der Waals surface area contributed by atoms with E-state index in [1.165, 1.54) is 30.7 Å². The van der Waals surface area contributed by atoms with E-state index in [0.717, 1.165) is 0 Å². The Hall–Kier alpha value is -2.24. The molecule has 2 amide bonds. The van der Waals surface area contributed by atoms with Gasteiger partial charge in [-0.15, -0.1) is 0 Å². The van der Waals surface area contributed by atoms with Crippen LogP contribution in [0.2, 0.25) is 0 Å². The molecule has 0 atom stereocenters. The predicted molar refractivity (Wildman–Crippen MR) is 76.3 cm³/mol. The van der Waals surface area contributed by atoms with Crippen molar-refractivity contribution in [2.45, 2.75) is 19.4 Å². The highest BCUT2D eigenvalue weighted by Crippen LogP contribution is 2.22. The quantitative estimate of drug-likeness (QED) is 0.916. The molecule has 110 valence electrons. The molecule has 20 heavy (non-hydrogen) atoms. The fourth-order valence-electron chi connectivity index (χ4n) is 1.54. The molecule has 0 bridgehead atoms. The zero-order valence-electron chi connectivity index (χ0n) is 12.4. The molecule has 0 fully saturated rings. The fourth-order valence-corrected chi connectivity index (χ4v) is 1.54. The smallest absolute Gasteiger partial charge is 0.329 e. The molecule has 0 spiro atoms. The van der Waals surface area contributed by atoms with Crippen molar-refractivity contribution in [2.75, 3.05) is 26.1 Å². The number of carbonyl (C=O) groups is 2. The summed E-state index contributed by atoms with van der Waals surface area (Å²) in [6, 6.07) is 6.58. The Morgan fingerprint density at radius 3 is 2.35 bits per heavy atom. The number of carbonyl (C=O) groups excluding carboxylic acids is 1. The van der Waals surface area contributed by atoms with Crippen molar-refractivity contribution in [2.24, 2.45) is 0 Å². The molecule has 0 saturated heterocycles. The molecular weight excluding hydrogens is 260 g/mol. The molecule has 1 rings (SSSR count). The predicted octanol–water partition coefficient (Wildman–Crippen LogP) is 2.05. The molecule has 0 aromatic heterocycles. The van der Waals surface area contributed by atoms with Crippen LogP contribution in [0.1, 0.15) is 13.8 Å². The highest BCUT2D eigenvalue weighted by atomic mass is 16.5. The number of anilines is 1. The van der Waals surface area contributed by atoms with Crippen molar-refractivity contribution < 1.29 is 19.4 Å². The average molecular weight is 280 g/mol. The first-order valence-corrected chi connectivity index (χ1v) is 6.10. The van der Waals surface area contributed by atoms with E-state index < -0.39 is 17.5 Å². The van der Waals surface area contributed by atoms with E-state index in [1.807, 2.05) is 0 Å². The van der Waals surface area contributed by atoms with E-state index in [9.17, 15) is 9.59 Å². The van der Waals surface area contributed by atoms with Gasteiger partial charge in [0.25, 0.3) is 0 Å². The third-order valence-corrected chi connectivity index (χ3v) is 3.38. The Balaban J connectivity index is 2.99. The second kappa shape index (κ2) is 5.81. The number of nitrogens with zero attached hydrogens (tertiary/aromatic N) is 2. The van der Waals surface area contributed by atoms with Gasteiger partial charge >= 0.3 is 12.0 Å². The summed E-state index contributed by atoms with van der Waals surface area (Å²) in [7, 11) is 4.60. The van der Waals surface area contributed by atoms with Crippen molar-refractivity contribution in [1.29, 1.82) is 0 Å². The summed E-state index contributed by atoms with van der Waals surface area (Å²) < 4.78 is 5.11. The summed E-state index contributed by atoms with van der Waals surface area (Å²) in [5.41, 5.74) is -0.660. The highest BCUT2D eigenvalue weighted by molar-refractivity contribution is 5.95. The summed E-state index contributed by atoms with van der Waals surface area (Å²) in [5, 5.41) is 9.16. The van der Waals surface area contributed by atoms with Crippen molar-refractivity contribution in [1.82, 2.24) is 4.90 Å². The number of methoxy groups -OCH3 is 1. The fraction of sp³-hybridized carbons (Fsp3) is 0.429. The van der Waals surface area contributed by atoms with Gasteiger partial charge in [-0.3, -0.25) is 4.90 Å². The van der Waals surface area contributed by atoms with E-state index >= 15 is 0 Å². The van der Waals surface area contributed by atoms with Gasteiger partial charge in [0.1, 0.15) is 11.3 Å². The third kappa shape index (κ3) is 3.01. The number of urea groups is 1. The highest BCUT2D eigenvalue weighted by Gasteiger charge is 2.36. The first kappa shape index (κ1) is 15.8. The Bertz CT molecular complexity index is 514. The minimum atomic E-state index is -1.29. The molecule has 0 aliphatic carbocycles. The first-order chi connectivity index (χ1) is 9.21. The molecule has 0 unspecified atom stereocenters. The van der Waals surface area contributed by atoms with E-state index in [4.69, 9.17) is 9.84 Å². The molecule has 6 heteroatoms. The van der Waals surface area contributed by atoms with Crippen molar-refractivity contribution >= 4 is 17.7 Å². The average Bonchev–Trinajstić information content (AvgIpc) is 2.44. The number of amides is 2. The van der Waals surface area contributed by atoms with Crippen molar-refractivity contribution in [3.05, 3.63) is 24.3 Å². The number of benzene rings is 1. The molecule has 0 saturated carbocycles. The third-order valence-electron chi connectivity index (χ3n) is 3.38. The molecule has 0 heterocycles. The van der Waals surface area contributed by atoms with Gasteiger partial charge in [0.2, 0.25) is 0 Å². The van der Waals surface area contributed by atoms with E-state index in [2.05, 4.69) is 0 Å². The van der Waals surface area contributed by atoms with Crippen LogP contribution in [0.5, 0.6) is 5.75 Å². The molecule has 0 aliphatic heterocycles. The lowest BCUT2D eigenvalue weighted by atomic mass is 10.0. The molecular formula is C14H20N2O4. The summed E-state index contributed by atoms with van der Waals surface area (Å²) in [5.74, 6) is -0.435. The molecule has 1 aromatic carbocycles. The van der Waals surface area contributed by atoms with Gasteiger partial charge in [0.05, 0.1) is 7.11 Å². The monoisotopic (exact) mass is 280 g/mol. The SMILES string of the molecule is COc1cccc(N(C)C(=O)N(C)C(C)(C)C(=O)O)c1. The van der Waals surface area contributed by atoms with Crippen LogP contribution in [-0.4, -0.2) is 48.8 Å². The Morgan fingerprint density at radius 1 is 1.25 bits per heavy atom. The molecule has 1 N–H and O–H groups in total. The maximum atomic E-state index is 12.3. The van der Waals surface area contributed by atoms with E-state index in [0.29, 0.717) is 11.4 Å². The second-order valence-corrected chi connectivity index (χ2v) is 4.97. The van der Waals surface area contributed by atoms with Crippen LogP contribution in [-0.2, 0) is 4.79 Å². The molecule has 0 radical (unpaired) electrons. The Morgan fingerprint density at radius 2 is 1.85 bits per heavy atom. The summed E-state index contributed by atoms with van der Waals surface area (Å²) in [6.45, 7) is 2.96. The lowest BCUT2D eigenvalue weighted by molar-refractivity contribution is -0.146. The molecule has 1 aromatic rings. The number of carboxylic acids is 1. The van der Waals surface area contributed by atoms with Gasteiger partial charge in [-0.1, -0.05) is 6.07 Å². The van der Waals surface area contributed by atoms with Crippen LogP contribution >= 0.6 is 0 Å². The maximum absolute atomic E-state index is 12.3. The van der Waals surface area contributed by atoms with E-state index in [1.54, 1.807) is 38.4 Å². The van der Waals surface area contributed by atoms with Crippen LogP contribution in [0, 0.1) is 0 Å². The zero-order chi connectivity index (χ0) is 15.5. The van der Waals surface area contributed by atoms with Gasteiger partial charge < -0.3 is 14.7 Å². The number of ether oxygens (including phenoxy) is 1. The lowest BCUT2D eigenvalue weighted by Gasteiger charge is -2.34. The first-order valence-electron chi connectivity index (χ1n) is 6.10. The number of hydrogen-bond acceptors (Lipinski definition) is 3. The summed E-state index contributed by atoms with van der Waals surface area (Å²) in [6.07, 6.45) is 0. The lowest BCUT2D eigenvalue weighted by Crippen LogP contribution is -2.54. The van der Waals surface area contributed by atoms with Gasteiger partial charge in [-0.2, -0.15) is 0 Å². The van der Waals surface area contributed by atoms with Crippen LogP contribution in [0.15, 0.2) is 24.3 Å². The van der Waals surface area contributed by atoms with Crippen molar-refractivity contribution in [3.8, 4) is 5.75 Å². The standard InChI is InChI=1S/C14H20N2O4/c1-14(2,12(17)18)16(4)13(19)15(3)10-7-6-8-11(9-10)20-5/h6-9H,1-5H3,(H,17,18). The number of aliphatic carboxylic acids is 1. The van der Waals surface area contributed by atoms with Crippen molar-refractivity contribution in [3.63, 3.8) is 0 Å². The topological polar surface area (TPSA) is 70.1 Å². The normalized spacial score (nSPS) is 10.8. The van der Waals surface area contributed by atoms with Crippen LogP contribution in [0.4, 0.5) is 10.5 Å². The number of hydrogen-bond donors (Lipinski definition) is 1. The maximum Gasteiger partial charge on any atom is 0.329 e. The van der Waals surface area contributed by atoms with E-state index in [-0.39, 0.29) is 0 Å².